The maximum Gasteiger partial charge on any atom is 0.317 e. The van der Waals surface area contributed by atoms with Gasteiger partial charge in [0.15, 0.2) is 5.17 Å². The number of benzene rings is 7. The lowest BCUT2D eigenvalue weighted by Crippen LogP contribution is -2.28. The van der Waals surface area contributed by atoms with Crippen LogP contribution in [0.4, 0.5) is 11.4 Å². The van der Waals surface area contributed by atoms with E-state index in [4.69, 9.17) is 5.11 Å². The Bertz CT molecular complexity index is 3050. The van der Waals surface area contributed by atoms with E-state index in [-0.39, 0.29) is 10.9 Å². The molecule has 8 rings (SSSR count). The lowest BCUT2D eigenvalue weighted by Gasteiger charge is -2.14. The van der Waals surface area contributed by atoms with Crippen LogP contribution in [0.15, 0.2) is 181 Å². The summed E-state index contributed by atoms with van der Waals surface area (Å²) in [5, 5.41) is 23.1. The molecule has 0 spiro atoms. The summed E-state index contributed by atoms with van der Waals surface area (Å²) in [5.74, 6) is -3.04. The fourth-order valence-corrected chi connectivity index (χ4v) is 8.58. The minimum Gasteiger partial charge on any atom is -0.481 e. The molecule has 0 fully saturated rings. The highest BCUT2D eigenvalue weighted by molar-refractivity contribution is 8.15. The first-order valence-corrected chi connectivity index (χ1v) is 22.4. The van der Waals surface area contributed by atoms with Crippen molar-refractivity contribution in [1.29, 1.82) is 0 Å². The SMILES string of the molecule is Cc1ccc(C(=Cc2ccc(-c3ccc(C(=Cc4ccc(Nc5ccc(C=C6N=C(SC(CC(=O)O)C(=O)O)NC6=O)cc5)cc4)c4ccccc4)cc3C)cc2)c2ccccc2)cc1C. The minimum atomic E-state index is -1.30. The van der Waals surface area contributed by atoms with Crippen LogP contribution in [0.1, 0.15) is 62.1 Å². The molecule has 0 bridgehead atoms. The van der Waals surface area contributed by atoms with E-state index < -0.39 is 29.5 Å². The summed E-state index contributed by atoms with van der Waals surface area (Å²) < 4.78 is 0. The van der Waals surface area contributed by atoms with Crippen molar-refractivity contribution in [2.24, 2.45) is 4.99 Å². The number of thioether (sulfide) groups is 1. The van der Waals surface area contributed by atoms with Crippen molar-refractivity contribution in [1.82, 2.24) is 5.32 Å². The fraction of sp³-hybridized carbons (Fsp3) is 0.0877. The van der Waals surface area contributed by atoms with Gasteiger partial charge in [0, 0.05) is 11.4 Å². The molecule has 1 unspecified atom stereocenters. The number of carboxylic acids is 2. The van der Waals surface area contributed by atoms with Gasteiger partial charge in [0.05, 0.1) is 6.42 Å². The second kappa shape index (κ2) is 20.2. The third kappa shape index (κ3) is 11.0. The average Bonchev–Trinajstić information content (AvgIpc) is 3.67. The molecule has 7 aromatic rings. The molecule has 4 N–H and O–H groups in total. The third-order valence-corrected chi connectivity index (χ3v) is 12.4. The van der Waals surface area contributed by atoms with Crippen LogP contribution in [-0.4, -0.2) is 38.5 Å². The molecule has 0 aliphatic carbocycles. The molecule has 9 heteroatoms. The van der Waals surface area contributed by atoms with Crippen molar-refractivity contribution in [3.8, 4) is 11.1 Å². The number of amidine groups is 1. The summed E-state index contributed by atoms with van der Waals surface area (Å²) in [5.41, 5.74) is 17.8. The molecule has 326 valence electrons. The van der Waals surface area contributed by atoms with Gasteiger partial charge in [-0.3, -0.25) is 19.7 Å². The Hall–Kier alpha value is -8.01. The quantitative estimate of drug-likeness (QED) is 0.0632. The smallest absolute Gasteiger partial charge is 0.317 e. The minimum absolute atomic E-state index is 0.0499. The molecule has 1 amide bonds. The van der Waals surface area contributed by atoms with E-state index >= 15 is 0 Å². The van der Waals surface area contributed by atoms with Gasteiger partial charge < -0.3 is 15.5 Å². The number of carboxylic acid groups (broad SMARTS) is 2. The van der Waals surface area contributed by atoms with E-state index in [1.165, 1.54) is 39.0 Å². The second-order valence-electron chi connectivity index (χ2n) is 16.1. The van der Waals surface area contributed by atoms with Crippen LogP contribution in [0, 0.1) is 20.8 Å². The molecule has 0 saturated heterocycles. The number of carbonyl (C=O) groups excluding carboxylic acids is 1. The van der Waals surface area contributed by atoms with E-state index in [0.717, 1.165) is 44.8 Å². The number of rotatable bonds is 14. The predicted molar refractivity (Wildman–Crippen MR) is 270 cm³/mol. The average molecular weight is 886 g/mol. The standard InChI is InChI=1S/C57H47N3O5S/c1-36-14-21-45(30-37(36)2)50(42-10-6-4-7-11-42)32-39-15-22-44(23-16-39)49-29-24-46(31-38(49)3)51(43-12-8-5-9-13-43)33-40-17-25-47(26-18-40)58-48-27-19-41(20-28-48)34-52-55(63)60-57(59-52)66-53(56(64)65)35-54(61)62/h4-34,53,58H,35H2,1-3H3,(H,61,62)(H,64,65)(H,59,60,63). The largest absolute Gasteiger partial charge is 0.481 e. The fourth-order valence-electron chi connectivity index (χ4n) is 7.68. The van der Waals surface area contributed by atoms with Crippen molar-refractivity contribution in [3.05, 3.63) is 231 Å². The summed E-state index contributed by atoms with van der Waals surface area (Å²) in [6.07, 6.45) is 5.48. The van der Waals surface area contributed by atoms with E-state index in [9.17, 15) is 19.5 Å². The Morgan fingerprint density at radius 3 is 1.64 bits per heavy atom. The summed E-state index contributed by atoms with van der Waals surface area (Å²) in [6, 6.07) is 58.9. The van der Waals surface area contributed by atoms with Gasteiger partial charge in [-0.2, -0.15) is 0 Å². The van der Waals surface area contributed by atoms with Gasteiger partial charge in [-0.25, -0.2) is 4.99 Å². The van der Waals surface area contributed by atoms with Crippen molar-refractivity contribution in [3.63, 3.8) is 0 Å². The van der Waals surface area contributed by atoms with Crippen LogP contribution in [-0.2, 0) is 14.4 Å². The first-order chi connectivity index (χ1) is 31.9. The van der Waals surface area contributed by atoms with E-state index in [2.05, 4.69) is 176 Å². The predicted octanol–water partition coefficient (Wildman–Crippen LogP) is 12.7. The number of aliphatic carboxylic acids is 2. The van der Waals surface area contributed by atoms with Crippen LogP contribution >= 0.6 is 11.8 Å². The Labute approximate surface area is 388 Å². The summed E-state index contributed by atoms with van der Waals surface area (Å²) in [6.45, 7) is 6.49. The molecule has 1 heterocycles. The van der Waals surface area contributed by atoms with Crippen LogP contribution in [0.2, 0.25) is 0 Å². The first-order valence-electron chi connectivity index (χ1n) is 21.5. The zero-order chi connectivity index (χ0) is 46.2. The Morgan fingerprint density at radius 1 is 0.606 bits per heavy atom. The molecule has 8 nitrogen and oxygen atoms in total. The maximum atomic E-state index is 12.5. The molecule has 0 radical (unpaired) electrons. The topological polar surface area (TPSA) is 128 Å². The number of hydrogen-bond acceptors (Lipinski definition) is 6. The molecular weight excluding hydrogens is 839 g/mol. The summed E-state index contributed by atoms with van der Waals surface area (Å²) in [7, 11) is 0. The molecule has 7 aromatic carbocycles. The first kappa shape index (κ1) is 44.6. The molecule has 0 aromatic heterocycles. The lowest BCUT2D eigenvalue weighted by atomic mass is 9.91. The van der Waals surface area contributed by atoms with Crippen molar-refractivity contribution >= 4 is 75.5 Å². The van der Waals surface area contributed by atoms with Gasteiger partial charge >= 0.3 is 11.9 Å². The molecule has 1 aliphatic heterocycles. The number of aryl methyl sites for hydroxylation is 3. The number of carbonyl (C=O) groups is 3. The van der Waals surface area contributed by atoms with E-state index in [1.54, 1.807) is 6.08 Å². The number of nitrogens with zero attached hydrogens (tertiary/aromatic N) is 1. The molecule has 66 heavy (non-hydrogen) atoms. The summed E-state index contributed by atoms with van der Waals surface area (Å²) >= 11 is 0.695. The highest BCUT2D eigenvalue weighted by Gasteiger charge is 2.28. The molecular formula is C57H47N3O5S. The number of anilines is 2. The van der Waals surface area contributed by atoms with Gasteiger partial charge in [-0.05, 0) is 141 Å². The van der Waals surface area contributed by atoms with Crippen molar-refractivity contribution in [2.75, 3.05) is 5.32 Å². The van der Waals surface area contributed by atoms with Gasteiger partial charge in [0.1, 0.15) is 10.9 Å². The molecule has 1 atom stereocenters. The van der Waals surface area contributed by atoms with Gasteiger partial charge in [0.25, 0.3) is 5.91 Å². The number of nitrogens with one attached hydrogen (secondary N) is 2. The van der Waals surface area contributed by atoms with Crippen molar-refractivity contribution < 1.29 is 24.6 Å². The van der Waals surface area contributed by atoms with E-state index in [0.29, 0.717) is 17.3 Å². The van der Waals surface area contributed by atoms with Crippen LogP contribution in [0.3, 0.4) is 0 Å². The number of aliphatic imine (C=N–C) groups is 1. The highest BCUT2D eigenvalue weighted by Crippen LogP contribution is 2.33. The van der Waals surface area contributed by atoms with Crippen molar-refractivity contribution in [2.45, 2.75) is 32.4 Å². The summed E-state index contributed by atoms with van der Waals surface area (Å²) in [4.78, 5) is 39.3. The Kier molecular flexibility index (Phi) is 13.7. The third-order valence-electron chi connectivity index (χ3n) is 11.3. The molecule has 0 saturated carbocycles. The Balaban J connectivity index is 0.975. The van der Waals surface area contributed by atoms with E-state index in [1.807, 2.05) is 42.5 Å². The van der Waals surface area contributed by atoms with Crippen LogP contribution in [0.5, 0.6) is 0 Å². The lowest BCUT2D eigenvalue weighted by molar-refractivity contribution is -0.142. The zero-order valence-corrected chi connectivity index (χ0v) is 37.5. The van der Waals surface area contributed by atoms with Crippen LogP contribution in [0.25, 0.3) is 40.5 Å². The number of hydrogen-bond donors (Lipinski definition) is 4. The monoisotopic (exact) mass is 885 g/mol. The van der Waals surface area contributed by atoms with Gasteiger partial charge in [-0.1, -0.05) is 157 Å². The second-order valence-corrected chi connectivity index (χ2v) is 17.3. The highest BCUT2D eigenvalue weighted by atomic mass is 32.2. The Morgan fingerprint density at radius 2 is 1.12 bits per heavy atom. The van der Waals surface area contributed by atoms with Crippen LogP contribution < -0.4 is 10.6 Å². The normalized spacial score (nSPS) is 13.8. The zero-order valence-electron chi connectivity index (χ0n) is 36.7. The maximum absolute atomic E-state index is 12.5. The number of amides is 1. The van der Waals surface area contributed by atoms with Gasteiger partial charge in [0.2, 0.25) is 0 Å². The van der Waals surface area contributed by atoms with Gasteiger partial charge in [-0.15, -0.1) is 0 Å². The molecule has 1 aliphatic rings.